The summed E-state index contributed by atoms with van der Waals surface area (Å²) in [6.07, 6.45) is 4.02. The first-order valence-electron chi connectivity index (χ1n) is 7.34. The molecule has 1 aliphatic rings. The topological polar surface area (TPSA) is 54.5 Å². The zero-order valence-electron chi connectivity index (χ0n) is 13.8. The van der Waals surface area contributed by atoms with E-state index in [0.29, 0.717) is 5.69 Å². The normalized spacial score (nSPS) is 17.2. The van der Waals surface area contributed by atoms with Crippen molar-refractivity contribution in [3.05, 3.63) is 28.2 Å². The number of rotatable bonds is 2. The number of nitrogens with zero attached hydrogens (tertiary/aromatic N) is 1. The standard InChI is InChI=1S/C17H24N2O2/c1-10-7-8-13(18-10)9-14-11(2)12(3)15(19-14)16(20)21-17(4,5)6/h9,19H,7-8H2,1-6H3/b13-9+. The van der Waals surface area contributed by atoms with Gasteiger partial charge in [0.25, 0.3) is 0 Å². The summed E-state index contributed by atoms with van der Waals surface area (Å²) in [5.41, 5.74) is 5.23. The predicted octanol–water partition coefficient (Wildman–Crippen LogP) is 4.18. The third-order valence-corrected chi connectivity index (χ3v) is 3.59. The van der Waals surface area contributed by atoms with Crippen molar-refractivity contribution in [1.82, 2.24) is 4.98 Å². The van der Waals surface area contributed by atoms with Crippen molar-refractivity contribution in [2.24, 2.45) is 4.99 Å². The molecule has 1 aromatic heterocycles. The number of aromatic amines is 1. The molecule has 0 unspecified atom stereocenters. The molecule has 0 aromatic carbocycles. The van der Waals surface area contributed by atoms with Crippen LogP contribution in [-0.4, -0.2) is 22.3 Å². The fourth-order valence-corrected chi connectivity index (χ4v) is 2.33. The van der Waals surface area contributed by atoms with E-state index in [0.717, 1.165) is 41.1 Å². The molecule has 0 saturated heterocycles. The number of hydrogen-bond donors (Lipinski definition) is 1. The Morgan fingerprint density at radius 1 is 1.19 bits per heavy atom. The number of nitrogens with one attached hydrogen (secondary N) is 1. The zero-order valence-corrected chi connectivity index (χ0v) is 13.8. The van der Waals surface area contributed by atoms with Crippen LogP contribution in [0.15, 0.2) is 10.7 Å². The number of carbonyl (C=O) groups excluding carboxylic acids is 1. The minimum absolute atomic E-state index is 0.307. The molecule has 0 atom stereocenters. The lowest BCUT2D eigenvalue weighted by Gasteiger charge is -2.19. The number of aromatic nitrogens is 1. The predicted molar refractivity (Wildman–Crippen MR) is 85.8 cm³/mol. The van der Waals surface area contributed by atoms with E-state index < -0.39 is 5.60 Å². The van der Waals surface area contributed by atoms with E-state index in [1.54, 1.807) is 0 Å². The Morgan fingerprint density at radius 2 is 1.86 bits per heavy atom. The third kappa shape index (κ3) is 3.63. The molecule has 0 radical (unpaired) electrons. The summed E-state index contributed by atoms with van der Waals surface area (Å²) in [4.78, 5) is 19.9. The molecule has 1 aromatic rings. The van der Waals surface area contributed by atoms with Gasteiger partial charge in [-0.15, -0.1) is 0 Å². The van der Waals surface area contributed by atoms with Gasteiger partial charge in [0.2, 0.25) is 0 Å². The van der Waals surface area contributed by atoms with Crippen molar-refractivity contribution in [2.45, 2.75) is 60.0 Å². The fourth-order valence-electron chi connectivity index (χ4n) is 2.33. The van der Waals surface area contributed by atoms with E-state index in [1.807, 2.05) is 47.6 Å². The van der Waals surface area contributed by atoms with Crippen LogP contribution in [0.2, 0.25) is 0 Å². The Morgan fingerprint density at radius 3 is 2.38 bits per heavy atom. The van der Waals surface area contributed by atoms with Crippen molar-refractivity contribution >= 4 is 17.8 Å². The van der Waals surface area contributed by atoms with Crippen LogP contribution in [0.25, 0.3) is 6.08 Å². The van der Waals surface area contributed by atoms with Gasteiger partial charge in [0.15, 0.2) is 0 Å². The van der Waals surface area contributed by atoms with E-state index in [2.05, 4.69) is 9.98 Å². The first-order chi connectivity index (χ1) is 9.67. The Balaban J connectivity index is 2.31. The van der Waals surface area contributed by atoms with Crippen molar-refractivity contribution < 1.29 is 9.53 Å². The lowest BCUT2D eigenvalue weighted by Crippen LogP contribution is -2.24. The maximum atomic E-state index is 12.2. The van der Waals surface area contributed by atoms with Crippen LogP contribution in [0.5, 0.6) is 0 Å². The summed E-state index contributed by atoms with van der Waals surface area (Å²) >= 11 is 0. The quantitative estimate of drug-likeness (QED) is 0.830. The highest BCUT2D eigenvalue weighted by molar-refractivity contribution is 5.91. The van der Waals surface area contributed by atoms with Gasteiger partial charge in [-0.3, -0.25) is 4.99 Å². The maximum absolute atomic E-state index is 12.2. The van der Waals surface area contributed by atoms with Crippen LogP contribution >= 0.6 is 0 Å². The van der Waals surface area contributed by atoms with Gasteiger partial charge in [-0.1, -0.05) is 0 Å². The number of ether oxygens (including phenoxy) is 1. The molecule has 0 amide bonds. The summed E-state index contributed by atoms with van der Waals surface area (Å²) in [6.45, 7) is 11.6. The van der Waals surface area contributed by atoms with Gasteiger partial charge in [-0.2, -0.15) is 0 Å². The second kappa shape index (κ2) is 5.51. The Labute approximate surface area is 126 Å². The minimum Gasteiger partial charge on any atom is -0.455 e. The molecular formula is C17H24N2O2. The number of allylic oxidation sites excluding steroid dienone is 1. The van der Waals surface area contributed by atoms with Gasteiger partial charge >= 0.3 is 5.97 Å². The third-order valence-electron chi connectivity index (χ3n) is 3.59. The van der Waals surface area contributed by atoms with Crippen LogP contribution in [0.1, 0.15) is 67.8 Å². The number of hydrogen-bond acceptors (Lipinski definition) is 3. The molecule has 21 heavy (non-hydrogen) atoms. The number of esters is 1. The number of aliphatic imine (C=N–C) groups is 1. The first-order valence-corrected chi connectivity index (χ1v) is 7.34. The average Bonchev–Trinajstić information content (AvgIpc) is 2.86. The molecule has 1 aliphatic heterocycles. The van der Waals surface area contributed by atoms with Crippen molar-refractivity contribution in [1.29, 1.82) is 0 Å². The molecule has 0 fully saturated rings. The van der Waals surface area contributed by atoms with E-state index >= 15 is 0 Å². The van der Waals surface area contributed by atoms with Gasteiger partial charge in [0.1, 0.15) is 11.3 Å². The van der Waals surface area contributed by atoms with Crippen LogP contribution < -0.4 is 0 Å². The van der Waals surface area contributed by atoms with E-state index in [9.17, 15) is 4.79 Å². The summed E-state index contributed by atoms with van der Waals surface area (Å²) in [5, 5.41) is 0. The van der Waals surface area contributed by atoms with Crippen molar-refractivity contribution in [3.63, 3.8) is 0 Å². The molecule has 2 heterocycles. The van der Waals surface area contributed by atoms with Crippen LogP contribution in [0, 0.1) is 13.8 Å². The molecule has 1 N–H and O–H groups in total. The van der Waals surface area contributed by atoms with Gasteiger partial charge in [-0.05, 0) is 71.6 Å². The van der Waals surface area contributed by atoms with E-state index in [4.69, 9.17) is 4.74 Å². The zero-order chi connectivity index (χ0) is 15.8. The van der Waals surface area contributed by atoms with Gasteiger partial charge < -0.3 is 9.72 Å². The molecule has 0 saturated carbocycles. The Kier molecular flexibility index (Phi) is 4.08. The highest BCUT2D eigenvalue weighted by Crippen LogP contribution is 2.25. The first kappa shape index (κ1) is 15.5. The summed E-state index contributed by atoms with van der Waals surface area (Å²) in [6, 6.07) is 0. The number of H-pyrrole nitrogens is 1. The Hall–Kier alpha value is -1.84. The van der Waals surface area contributed by atoms with E-state index in [-0.39, 0.29) is 5.97 Å². The lowest BCUT2D eigenvalue weighted by molar-refractivity contribution is 0.00627. The second-order valence-electron chi connectivity index (χ2n) is 6.65. The summed E-state index contributed by atoms with van der Waals surface area (Å²) < 4.78 is 5.44. The van der Waals surface area contributed by atoms with Crippen molar-refractivity contribution in [2.75, 3.05) is 0 Å². The SMILES string of the molecule is CC1=N/C(=C/c2[nH]c(C(=O)OC(C)(C)C)c(C)c2C)CC1. The molecule has 0 spiro atoms. The second-order valence-corrected chi connectivity index (χ2v) is 6.65. The highest BCUT2D eigenvalue weighted by atomic mass is 16.6. The molecule has 4 nitrogen and oxygen atoms in total. The van der Waals surface area contributed by atoms with Crippen LogP contribution in [0.4, 0.5) is 0 Å². The average molecular weight is 288 g/mol. The summed E-state index contributed by atoms with van der Waals surface area (Å²) in [5.74, 6) is -0.307. The smallest absolute Gasteiger partial charge is 0.355 e. The van der Waals surface area contributed by atoms with E-state index in [1.165, 1.54) is 0 Å². The Bertz CT molecular complexity index is 628. The van der Waals surface area contributed by atoms with Gasteiger partial charge in [-0.25, -0.2) is 4.79 Å². The monoisotopic (exact) mass is 288 g/mol. The fraction of sp³-hybridized carbons (Fsp3) is 0.529. The lowest BCUT2D eigenvalue weighted by atomic mass is 10.1. The summed E-state index contributed by atoms with van der Waals surface area (Å²) in [7, 11) is 0. The molecule has 4 heteroatoms. The highest BCUT2D eigenvalue weighted by Gasteiger charge is 2.22. The largest absolute Gasteiger partial charge is 0.455 e. The molecular weight excluding hydrogens is 264 g/mol. The molecule has 0 bridgehead atoms. The van der Waals surface area contributed by atoms with Crippen LogP contribution in [-0.2, 0) is 4.74 Å². The maximum Gasteiger partial charge on any atom is 0.355 e. The van der Waals surface area contributed by atoms with Crippen molar-refractivity contribution in [3.8, 4) is 0 Å². The minimum atomic E-state index is -0.492. The van der Waals surface area contributed by atoms with Gasteiger partial charge in [0, 0.05) is 17.1 Å². The molecule has 2 rings (SSSR count). The number of carbonyl (C=O) groups is 1. The van der Waals surface area contributed by atoms with Crippen LogP contribution in [0.3, 0.4) is 0 Å². The molecule has 0 aliphatic carbocycles. The van der Waals surface area contributed by atoms with Gasteiger partial charge in [0.05, 0.1) is 0 Å². The molecule has 114 valence electrons.